The monoisotopic (exact) mass is 561 g/mol. The molecule has 0 unspecified atom stereocenters. The van der Waals surface area contributed by atoms with Crippen LogP contribution < -0.4 is 19.7 Å². The topological polar surface area (TPSA) is 82.7 Å². The molecule has 8 nitrogen and oxygen atoms in total. The van der Waals surface area contributed by atoms with E-state index in [4.69, 9.17) is 21.1 Å². The number of nitrogens with one attached hydrogen (secondary N) is 2. The highest BCUT2D eigenvalue weighted by Gasteiger charge is 2.30. The number of hydrogen-bond donors (Lipinski definition) is 2. The number of nitrogens with zero attached hydrogens (tertiary/aromatic N) is 3. The summed E-state index contributed by atoms with van der Waals surface area (Å²) in [6.07, 6.45) is 3.82. The highest BCUT2D eigenvalue weighted by atomic mass is 35.5. The Hall–Kier alpha value is -3.75. The molecule has 210 valence electrons. The highest BCUT2D eigenvalue weighted by Crippen LogP contribution is 2.40. The van der Waals surface area contributed by atoms with Crippen LogP contribution in [0.15, 0.2) is 60.9 Å². The van der Waals surface area contributed by atoms with E-state index in [1.165, 1.54) is 0 Å². The van der Waals surface area contributed by atoms with Crippen LogP contribution in [0.5, 0.6) is 11.5 Å². The molecule has 40 heavy (non-hydrogen) atoms. The predicted molar refractivity (Wildman–Crippen MR) is 161 cm³/mol. The summed E-state index contributed by atoms with van der Waals surface area (Å²) in [5.41, 5.74) is 4.91. The van der Waals surface area contributed by atoms with Crippen molar-refractivity contribution in [2.75, 3.05) is 51.8 Å². The number of benzene rings is 2. The minimum Gasteiger partial charge on any atom is -0.493 e. The lowest BCUT2D eigenvalue weighted by molar-refractivity contribution is -0.133. The van der Waals surface area contributed by atoms with E-state index >= 15 is 0 Å². The third-order valence-electron chi connectivity index (χ3n) is 7.46. The Kier molecular flexibility index (Phi) is 8.47. The number of H-pyrrole nitrogens is 1. The molecule has 0 bridgehead atoms. The van der Waals surface area contributed by atoms with E-state index in [1.807, 2.05) is 59.8 Å². The Balaban J connectivity index is 1.41. The van der Waals surface area contributed by atoms with E-state index < -0.39 is 0 Å². The fraction of sp³-hybridized carbons (Fsp3) is 0.355. The number of fused-ring (bicyclic) bond motifs is 1. The van der Waals surface area contributed by atoms with Gasteiger partial charge in [0.05, 0.1) is 25.8 Å². The summed E-state index contributed by atoms with van der Waals surface area (Å²) in [4.78, 5) is 26.1. The number of aromatic nitrogens is 2. The molecule has 1 fully saturated rings. The van der Waals surface area contributed by atoms with Gasteiger partial charge in [-0.05, 0) is 41.5 Å². The third-order valence-corrected chi connectivity index (χ3v) is 7.71. The van der Waals surface area contributed by atoms with Crippen molar-refractivity contribution in [2.24, 2.45) is 0 Å². The van der Waals surface area contributed by atoms with Crippen LogP contribution in [0.3, 0.4) is 0 Å². The fourth-order valence-electron chi connectivity index (χ4n) is 5.32. The number of carbonyl (C=O) groups excluding carboxylic acids is 1. The summed E-state index contributed by atoms with van der Waals surface area (Å²) in [5.74, 6) is 1.21. The average molecular weight is 562 g/mol. The molecule has 0 spiro atoms. The second kappa shape index (κ2) is 12.2. The molecule has 1 amide bonds. The van der Waals surface area contributed by atoms with Gasteiger partial charge in [0.25, 0.3) is 0 Å². The van der Waals surface area contributed by atoms with Gasteiger partial charge >= 0.3 is 0 Å². The molecule has 3 heterocycles. The number of anilines is 1. The molecule has 5 rings (SSSR count). The Labute approximate surface area is 240 Å². The van der Waals surface area contributed by atoms with Crippen molar-refractivity contribution >= 4 is 34.2 Å². The zero-order valence-corrected chi connectivity index (χ0v) is 24.2. The number of piperazine rings is 1. The summed E-state index contributed by atoms with van der Waals surface area (Å²) in [6, 6.07) is 15.9. The van der Waals surface area contributed by atoms with E-state index in [-0.39, 0.29) is 17.9 Å². The fourth-order valence-corrected chi connectivity index (χ4v) is 5.44. The molecule has 2 N–H and O–H groups in total. The minimum absolute atomic E-state index is 0.136. The number of halogens is 1. The van der Waals surface area contributed by atoms with Crippen LogP contribution in [-0.2, 0) is 4.79 Å². The molecular weight excluding hydrogens is 526 g/mol. The standard InChI is InChI=1S/C31H36ClN5O3/c1-20(2)34-19-26(21-5-8-23(32)9-6-21)31(38)37-15-13-36(14-16-37)29-24-11-12-33-30(24)35-18-25(29)22-7-10-27(39-3)28(17-22)40-4/h5-12,17-18,20,26,34H,13-16,19H2,1-4H3,(H,33,35)/t26-/m1/s1. The Morgan fingerprint density at radius 1 is 1.02 bits per heavy atom. The van der Waals surface area contributed by atoms with Crippen LogP contribution in [-0.4, -0.2) is 73.8 Å². The molecule has 9 heteroatoms. The summed E-state index contributed by atoms with van der Waals surface area (Å²) in [5, 5.41) is 5.17. The van der Waals surface area contributed by atoms with E-state index in [2.05, 4.69) is 40.1 Å². The van der Waals surface area contributed by atoms with Crippen LogP contribution in [0.4, 0.5) is 5.69 Å². The molecule has 2 aromatic heterocycles. The van der Waals surface area contributed by atoms with Crippen LogP contribution >= 0.6 is 11.6 Å². The lowest BCUT2D eigenvalue weighted by Crippen LogP contribution is -2.51. The van der Waals surface area contributed by atoms with Crippen LogP contribution in [0.25, 0.3) is 22.2 Å². The van der Waals surface area contributed by atoms with Gasteiger partial charge in [-0.25, -0.2) is 4.98 Å². The summed E-state index contributed by atoms with van der Waals surface area (Å²) >= 11 is 6.13. The summed E-state index contributed by atoms with van der Waals surface area (Å²) in [7, 11) is 3.27. The van der Waals surface area contributed by atoms with Crippen LogP contribution in [0.2, 0.25) is 5.02 Å². The van der Waals surface area contributed by atoms with Crippen molar-refractivity contribution in [1.29, 1.82) is 0 Å². The molecule has 1 aliphatic rings. The Morgan fingerprint density at radius 2 is 1.75 bits per heavy atom. The Bertz CT molecular complexity index is 1460. The number of amides is 1. The number of methoxy groups -OCH3 is 2. The van der Waals surface area contributed by atoms with E-state index in [0.29, 0.717) is 49.2 Å². The van der Waals surface area contributed by atoms with Crippen molar-refractivity contribution in [3.8, 4) is 22.6 Å². The highest BCUT2D eigenvalue weighted by molar-refractivity contribution is 6.30. The van der Waals surface area contributed by atoms with Gasteiger partial charge in [0.1, 0.15) is 5.65 Å². The van der Waals surface area contributed by atoms with Gasteiger partial charge in [-0.2, -0.15) is 0 Å². The minimum atomic E-state index is -0.272. The van der Waals surface area contributed by atoms with Crippen LogP contribution in [0, 0.1) is 0 Å². The Morgan fingerprint density at radius 3 is 2.42 bits per heavy atom. The molecular formula is C31H36ClN5O3. The lowest BCUT2D eigenvalue weighted by Gasteiger charge is -2.38. The molecule has 1 aliphatic heterocycles. The number of aromatic amines is 1. The SMILES string of the molecule is COc1ccc(-c2cnc3[nH]ccc3c2N2CCN(C(=O)[C@H](CNC(C)C)c3ccc(Cl)cc3)CC2)cc1OC. The maximum Gasteiger partial charge on any atom is 0.231 e. The van der Waals surface area contributed by atoms with E-state index in [1.54, 1.807) is 14.2 Å². The first-order valence-electron chi connectivity index (χ1n) is 13.6. The molecule has 1 saturated heterocycles. The maximum atomic E-state index is 13.8. The van der Waals surface area contributed by atoms with E-state index in [0.717, 1.165) is 33.4 Å². The van der Waals surface area contributed by atoms with Crippen molar-refractivity contribution in [3.63, 3.8) is 0 Å². The largest absolute Gasteiger partial charge is 0.493 e. The maximum absolute atomic E-state index is 13.8. The van der Waals surface area contributed by atoms with Gasteiger partial charge in [-0.3, -0.25) is 4.79 Å². The molecule has 4 aromatic rings. The number of ether oxygens (including phenoxy) is 2. The van der Waals surface area contributed by atoms with Gasteiger partial charge in [0.15, 0.2) is 11.5 Å². The van der Waals surface area contributed by atoms with Crippen molar-refractivity contribution in [2.45, 2.75) is 25.8 Å². The molecule has 0 aliphatic carbocycles. The second-order valence-electron chi connectivity index (χ2n) is 10.3. The molecule has 0 radical (unpaired) electrons. The molecule has 1 atom stereocenters. The number of rotatable bonds is 9. The number of hydrogen-bond acceptors (Lipinski definition) is 6. The average Bonchev–Trinajstić information content (AvgIpc) is 3.46. The first kappa shape index (κ1) is 27.8. The van der Waals surface area contributed by atoms with Gasteiger partial charge in [0.2, 0.25) is 5.91 Å². The summed E-state index contributed by atoms with van der Waals surface area (Å²) < 4.78 is 11.0. The van der Waals surface area contributed by atoms with Gasteiger partial charge in [-0.15, -0.1) is 0 Å². The van der Waals surface area contributed by atoms with Crippen molar-refractivity contribution < 1.29 is 14.3 Å². The summed E-state index contributed by atoms with van der Waals surface area (Å²) in [6.45, 7) is 7.44. The molecule has 2 aromatic carbocycles. The number of carbonyl (C=O) groups is 1. The zero-order chi connectivity index (χ0) is 28.2. The number of pyridine rings is 1. The van der Waals surface area contributed by atoms with E-state index in [9.17, 15) is 4.79 Å². The van der Waals surface area contributed by atoms with Gasteiger partial charge < -0.3 is 29.6 Å². The normalized spacial score (nSPS) is 14.6. The van der Waals surface area contributed by atoms with Crippen molar-refractivity contribution in [1.82, 2.24) is 20.2 Å². The smallest absolute Gasteiger partial charge is 0.231 e. The zero-order valence-electron chi connectivity index (χ0n) is 23.4. The first-order chi connectivity index (χ1) is 19.4. The third kappa shape index (κ3) is 5.74. The quantitative estimate of drug-likeness (QED) is 0.287. The van der Waals surface area contributed by atoms with Gasteiger partial charge in [-0.1, -0.05) is 43.6 Å². The first-order valence-corrected chi connectivity index (χ1v) is 14.0. The second-order valence-corrected chi connectivity index (χ2v) is 10.7. The van der Waals surface area contributed by atoms with Crippen LogP contribution in [0.1, 0.15) is 25.3 Å². The molecule has 0 saturated carbocycles. The van der Waals surface area contributed by atoms with Gasteiger partial charge in [0, 0.05) is 67.1 Å². The lowest BCUT2D eigenvalue weighted by atomic mass is 9.96. The predicted octanol–water partition coefficient (Wildman–Crippen LogP) is 5.33. The van der Waals surface area contributed by atoms with Crippen molar-refractivity contribution in [3.05, 3.63) is 71.5 Å².